The molecule has 16 heavy (non-hydrogen) atoms. The highest BCUT2D eigenvalue weighted by Gasteiger charge is 2.31. The molecule has 0 bridgehead atoms. The molecular weight excluding hydrogens is 212 g/mol. The van der Waals surface area contributed by atoms with Crippen LogP contribution in [0.3, 0.4) is 0 Å². The van der Waals surface area contributed by atoms with E-state index >= 15 is 0 Å². The predicted molar refractivity (Wildman–Crippen MR) is 57.0 cm³/mol. The van der Waals surface area contributed by atoms with Gasteiger partial charge in [-0.15, -0.1) is 0 Å². The van der Waals surface area contributed by atoms with Crippen molar-refractivity contribution < 1.29 is 19.8 Å². The van der Waals surface area contributed by atoms with E-state index in [1.54, 1.807) is 4.90 Å². The maximum atomic E-state index is 11.7. The number of nitrogens with one attached hydrogen (secondary N) is 1. The van der Waals surface area contributed by atoms with Crippen molar-refractivity contribution in [2.45, 2.75) is 32.4 Å². The lowest BCUT2D eigenvalue weighted by atomic mass is 10.1. The van der Waals surface area contributed by atoms with Gasteiger partial charge in [0.15, 0.2) is 6.04 Å². The number of carboxylic acids is 1. The molecule has 0 spiro atoms. The van der Waals surface area contributed by atoms with Crippen molar-refractivity contribution in [1.29, 1.82) is 0 Å². The van der Waals surface area contributed by atoms with Crippen LogP contribution in [0.5, 0.6) is 0 Å². The molecule has 0 aromatic carbocycles. The summed E-state index contributed by atoms with van der Waals surface area (Å²) >= 11 is 0. The maximum absolute atomic E-state index is 11.7. The van der Waals surface area contributed by atoms with Gasteiger partial charge in [-0.2, -0.15) is 0 Å². The number of amides is 2. The Labute approximate surface area is 94.2 Å². The number of nitrogens with zero attached hydrogens (tertiary/aromatic N) is 1. The number of hydrogen-bond acceptors (Lipinski definition) is 3. The zero-order valence-corrected chi connectivity index (χ0v) is 9.51. The third-order valence-electron chi connectivity index (χ3n) is 2.82. The number of carbonyl (C=O) groups excluding carboxylic acids is 1. The van der Waals surface area contributed by atoms with Gasteiger partial charge in [0.1, 0.15) is 0 Å². The molecular formula is C10H18N2O4. The van der Waals surface area contributed by atoms with Crippen LogP contribution >= 0.6 is 0 Å². The lowest BCUT2D eigenvalue weighted by Gasteiger charge is -2.23. The molecule has 3 atom stereocenters. The molecule has 1 saturated heterocycles. The van der Waals surface area contributed by atoms with E-state index in [0.29, 0.717) is 12.5 Å². The Morgan fingerprint density at radius 1 is 1.50 bits per heavy atom. The van der Waals surface area contributed by atoms with Crippen LogP contribution in [0.25, 0.3) is 0 Å². The highest BCUT2D eigenvalue weighted by atomic mass is 16.4. The minimum atomic E-state index is -1.23. The number of urea groups is 1. The van der Waals surface area contributed by atoms with Gasteiger partial charge in [-0.05, 0) is 19.3 Å². The molecule has 1 aliphatic rings. The topological polar surface area (TPSA) is 89.9 Å². The Bertz CT molecular complexity index is 282. The third kappa shape index (κ3) is 2.85. The van der Waals surface area contributed by atoms with Gasteiger partial charge in [0, 0.05) is 12.6 Å². The van der Waals surface area contributed by atoms with Crippen LogP contribution in [0.1, 0.15) is 20.3 Å². The van der Waals surface area contributed by atoms with Crippen molar-refractivity contribution >= 4 is 12.0 Å². The van der Waals surface area contributed by atoms with Crippen LogP contribution < -0.4 is 5.32 Å². The number of carboxylic acid groups (broad SMARTS) is 1. The Hall–Kier alpha value is -1.30. The van der Waals surface area contributed by atoms with E-state index < -0.39 is 24.6 Å². The van der Waals surface area contributed by atoms with E-state index in [-0.39, 0.29) is 6.04 Å². The van der Waals surface area contributed by atoms with E-state index in [1.807, 2.05) is 13.8 Å². The van der Waals surface area contributed by atoms with Crippen molar-refractivity contribution in [3.8, 4) is 0 Å². The van der Waals surface area contributed by atoms with Gasteiger partial charge in [-0.3, -0.25) is 0 Å². The van der Waals surface area contributed by atoms with E-state index in [1.165, 1.54) is 0 Å². The molecule has 6 heteroatoms. The number of hydrogen-bond donors (Lipinski definition) is 3. The zero-order chi connectivity index (χ0) is 12.3. The molecule has 92 valence electrons. The summed E-state index contributed by atoms with van der Waals surface area (Å²) in [6, 6.07) is -1.53. The number of aliphatic hydroxyl groups excluding tert-OH is 1. The summed E-state index contributed by atoms with van der Waals surface area (Å²) in [6.45, 7) is 4.01. The smallest absolute Gasteiger partial charge is 0.328 e. The summed E-state index contributed by atoms with van der Waals surface area (Å²) in [5.74, 6) is -0.797. The molecule has 6 nitrogen and oxygen atoms in total. The minimum absolute atomic E-state index is 0.114. The van der Waals surface area contributed by atoms with Crippen molar-refractivity contribution in [1.82, 2.24) is 10.2 Å². The van der Waals surface area contributed by atoms with Gasteiger partial charge in [0.25, 0.3) is 0 Å². The summed E-state index contributed by atoms with van der Waals surface area (Å²) in [6.07, 6.45) is 0.921. The van der Waals surface area contributed by atoms with Gasteiger partial charge in [-0.1, -0.05) is 6.92 Å². The highest BCUT2D eigenvalue weighted by molar-refractivity contribution is 5.82. The Morgan fingerprint density at radius 2 is 2.12 bits per heavy atom. The van der Waals surface area contributed by atoms with Crippen LogP contribution in [0, 0.1) is 5.92 Å². The molecule has 0 radical (unpaired) electrons. The van der Waals surface area contributed by atoms with Gasteiger partial charge in [0.2, 0.25) is 0 Å². The second kappa shape index (κ2) is 5.16. The van der Waals surface area contributed by atoms with Crippen molar-refractivity contribution in [3.63, 3.8) is 0 Å². The first-order chi connectivity index (χ1) is 7.45. The number of likely N-dealkylation sites (tertiary alicyclic amines) is 1. The molecule has 0 aliphatic carbocycles. The number of carbonyl (C=O) groups is 2. The van der Waals surface area contributed by atoms with E-state index in [2.05, 4.69) is 5.32 Å². The molecule has 3 N–H and O–H groups in total. The number of aliphatic hydroxyl groups is 1. The summed E-state index contributed by atoms with van der Waals surface area (Å²) in [5.41, 5.74) is 0. The fraction of sp³-hybridized carbons (Fsp3) is 0.800. The second-order valence-corrected chi connectivity index (χ2v) is 4.37. The molecule has 2 amide bonds. The molecule has 0 aromatic rings. The zero-order valence-electron chi connectivity index (χ0n) is 9.51. The van der Waals surface area contributed by atoms with Gasteiger partial charge in [-0.25, -0.2) is 9.59 Å². The molecule has 0 saturated carbocycles. The van der Waals surface area contributed by atoms with E-state index in [9.17, 15) is 9.59 Å². The van der Waals surface area contributed by atoms with Gasteiger partial charge in [0.05, 0.1) is 6.61 Å². The molecule has 0 aromatic heterocycles. The fourth-order valence-corrected chi connectivity index (χ4v) is 2.00. The average Bonchev–Trinajstić information content (AvgIpc) is 2.53. The molecule has 1 fully saturated rings. The largest absolute Gasteiger partial charge is 0.480 e. The average molecular weight is 230 g/mol. The predicted octanol–water partition coefficient (Wildman–Crippen LogP) is -0.128. The van der Waals surface area contributed by atoms with Crippen LogP contribution in [-0.2, 0) is 4.79 Å². The van der Waals surface area contributed by atoms with Crippen LogP contribution in [0.15, 0.2) is 0 Å². The standard InChI is InChI=1S/C10H18N2O4/c1-6-3-7(2)12(4-6)10(16)11-8(5-13)9(14)15/h6-8,13H,3-5H2,1-2H3,(H,11,16)(H,14,15)/t6?,7?,8-/m0/s1. The SMILES string of the molecule is CC1CC(C)N(C(=O)N[C@@H](CO)C(=O)O)C1. The highest BCUT2D eigenvalue weighted by Crippen LogP contribution is 2.22. The Balaban J connectivity index is 2.55. The van der Waals surface area contributed by atoms with Crippen LogP contribution in [0.4, 0.5) is 4.79 Å². The van der Waals surface area contributed by atoms with E-state index in [4.69, 9.17) is 10.2 Å². The second-order valence-electron chi connectivity index (χ2n) is 4.37. The van der Waals surface area contributed by atoms with Gasteiger partial charge >= 0.3 is 12.0 Å². The first-order valence-corrected chi connectivity index (χ1v) is 5.36. The van der Waals surface area contributed by atoms with Crippen molar-refractivity contribution in [2.75, 3.05) is 13.2 Å². The monoisotopic (exact) mass is 230 g/mol. The normalized spacial score (nSPS) is 26.6. The first kappa shape index (κ1) is 12.8. The summed E-state index contributed by atoms with van der Waals surface area (Å²) < 4.78 is 0. The minimum Gasteiger partial charge on any atom is -0.480 e. The van der Waals surface area contributed by atoms with Crippen LogP contribution in [-0.4, -0.2) is 52.3 Å². The summed E-state index contributed by atoms with van der Waals surface area (Å²) in [5, 5.41) is 19.8. The molecule has 1 aliphatic heterocycles. The Morgan fingerprint density at radius 3 is 2.50 bits per heavy atom. The molecule has 1 heterocycles. The third-order valence-corrected chi connectivity index (χ3v) is 2.82. The molecule has 1 rings (SSSR count). The van der Waals surface area contributed by atoms with Crippen LogP contribution in [0.2, 0.25) is 0 Å². The fourth-order valence-electron chi connectivity index (χ4n) is 2.00. The van der Waals surface area contributed by atoms with E-state index in [0.717, 1.165) is 6.42 Å². The first-order valence-electron chi connectivity index (χ1n) is 5.36. The van der Waals surface area contributed by atoms with Crippen molar-refractivity contribution in [3.05, 3.63) is 0 Å². The van der Waals surface area contributed by atoms with Crippen molar-refractivity contribution in [2.24, 2.45) is 5.92 Å². The Kier molecular flexibility index (Phi) is 4.12. The van der Waals surface area contributed by atoms with Gasteiger partial charge < -0.3 is 20.4 Å². The summed E-state index contributed by atoms with van der Waals surface area (Å²) in [7, 11) is 0. The lowest BCUT2D eigenvalue weighted by Crippen LogP contribution is -2.50. The summed E-state index contributed by atoms with van der Waals surface area (Å²) in [4.78, 5) is 24.0. The lowest BCUT2D eigenvalue weighted by molar-refractivity contribution is -0.140. The number of rotatable bonds is 3. The number of aliphatic carboxylic acids is 1. The maximum Gasteiger partial charge on any atom is 0.328 e. The molecule has 2 unspecified atom stereocenters. The quantitative estimate of drug-likeness (QED) is 0.630.